The van der Waals surface area contributed by atoms with Gasteiger partial charge in [-0.2, -0.15) is 0 Å². The topological polar surface area (TPSA) is 38.7 Å². The van der Waals surface area contributed by atoms with Gasteiger partial charge < -0.3 is 0 Å². The van der Waals surface area contributed by atoms with Crippen LogP contribution >= 0.6 is 23.1 Å². The summed E-state index contributed by atoms with van der Waals surface area (Å²) in [7, 11) is 0. The van der Waals surface area contributed by atoms with Gasteiger partial charge in [0.1, 0.15) is 22.1 Å². The van der Waals surface area contributed by atoms with Crippen molar-refractivity contribution in [3.05, 3.63) is 35.1 Å². The van der Waals surface area contributed by atoms with Gasteiger partial charge in [-0.15, -0.1) is 33.3 Å². The molecule has 1 aromatic carbocycles. The Hall–Kier alpha value is -1.53. The quantitative estimate of drug-likeness (QED) is 0.676. The fourth-order valence-corrected chi connectivity index (χ4v) is 3.60. The Labute approximate surface area is 124 Å². The lowest BCUT2D eigenvalue weighted by molar-refractivity contribution is 0.628. The van der Waals surface area contributed by atoms with E-state index in [0.717, 1.165) is 37.3 Å². The Morgan fingerprint density at radius 3 is 2.65 bits per heavy atom. The van der Waals surface area contributed by atoms with Crippen molar-refractivity contribution >= 4 is 33.3 Å². The summed E-state index contributed by atoms with van der Waals surface area (Å²) in [5, 5.41) is 10.4. The van der Waals surface area contributed by atoms with E-state index in [9.17, 15) is 4.39 Å². The lowest BCUT2D eigenvalue weighted by atomic mass is 10.1. The van der Waals surface area contributed by atoms with Gasteiger partial charge in [0.15, 0.2) is 0 Å². The van der Waals surface area contributed by atoms with Crippen LogP contribution in [0, 0.1) is 12.7 Å². The van der Waals surface area contributed by atoms with Crippen LogP contribution in [-0.2, 0) is 0 Å². The molecule has 0 saturated carbocycles. The fourth-order valence-electron chi connectivity index (χ4n) is 1.95. The first-order valence-corrected chi connectivity index (χ1v) is 8.02. The van der Waals surface area contributed by atoms with Crippen molar-refractivity contribution in [1.82, 2.24) is 15.2 Å². The van der Waals surface area contributed by atoms with Crippen molar-refractivity contribution in [3.8, 4) is 11.3 Å². The zero-order valence-corrected chi connectivity index (χ0v) is 12.7. The van der Waals surface area contributed by atoms with E-state index in [0.29, 0.717) is 0 Å². The molecule has 3 rings (SSSR count). The Balaban J connectivity index is 2.21. The molecule has 0 fully saturated rings. The maximum absolute atomic E-state index is 13.0. The van der Waals surface area contributed by atoms with E-state index in [4.69, 9.17) is 0 Å². The molecule has 0 amide bonds. The van der Waals surface area contributed by atoms with E-state index in [1.807, 2.05) is 6.92 Å². The van der Waals surface area contributed by atoms with Gasteiger partial charge >= 0.3 is 0 Å². The van der Waals surface area contributed by atoms with Crippen LogP contribution in [0.3, 0.4) is 0 Å². The second-order valence-corrected chi connectivity index (χ2v) is 6.66. The third-order valence-electron chi connectivity index (χ3n) is 2.79. The average molecular weight is 305 g/mol. The largest absolute Gasteiger partial charge is 0.238 e. The zero-order chi connectivity index (χ0) is 14.1. The highest BCUT2D eigenvalue weighted by atomic mass is 32.2. The lowest BCUT2D eigenvalue weighted by Gasteiger charge is -2.03. The predicted molar refractivity (Wildman–Crippen MR) is 81.7 cm³/mol. The van der Waals surface area contributed by atoms with Gasteiger partial charge in [0.2, 0.25) is 0 Å². The number of hydrogen-bond acceptors (Lipinski definition) is 5. The van der Waals surface area contributed by atoms with Crippen molar-refractivity contribution < 1.29 is 4.39 Å². The summed E-state index contributed by atoms with van der Waals surface area (Å²) in [6.07, 6.45) is 0. The van der Waals surface area contributed by atoms with Crippen LogP contribution in [0.2, 0.25) is 0 Å². The molecule has 20 heavy (non-hydrogen) atoms. The van der Waals surface area contributed by atoms with Gasteiger partial charge in [0.25, 0.3) is 0 Å². The van der Waals surface area contributed by atoms with Crippen molar-refractivity contribution in [2.75, 3.05) is 5.75 Å². The van der Waals surface area contributed by atoms with Crippen LogP contribution in [0.25, 0.3) is 21.5 Å². The molecule has 0 N–H and O–H groups in total. The van der Waals surface area contributed by atoms with Gasteiger partial charge in [0.05, 0.1) is 9.71 Å². The predicted octanol–water partition coefficient (Wildman–Crippen LogP) is 4.31. The van der Waals surface area contributed by atoms with Crippen molar-refractivity contribution in [1.29, 1.82) is 0 Å². The van der Waals surface area contributed by atoms with Crippen LogP contribution < -0.4 is 0 Å². The first-order valence-electron chi connectivity index (χ1n) is 6.21. The first kappa shape index (κ1) is 13.5. The normalized spacial score (nSPS) is 11.2. The summed E-state index contributed by atoms with van der Waals surface area (Å²) in [5.74, 6) is 0.674. The van der Waals surface area contributed by atoms with E-state index in [2.05, 4.69) is 22.1 Å². The van der Waals surface area contributed by atoms with Crippen LogP contribution in [0.4, 0.5) is 4.39 Å². The van der Waals surface area contributed by atoms with Gasteiger partial charge in [-0.3, -0.25) is 0 Å². The van der Waals surface area contributed by atoms with Gasteiger partial charge in [-0.05, 0) is 36.9 Å². The number of rotatable bonds is 3. The molecule has 0 spiro atoms. The maximum atomic E-state index is 13.0. The Morgan fingerprint density at radius 2 is 1.95 bits per heavy atom. The van der Waals surface area contributed by atoms with E-state index < -0.39 is 0 Å². The minimum absolute atomic E-state index is 0.253. The minimum Gasteiger partial charge on any atom is -0.238 e. The average Bonchev–Trinajstić information content (AvgIpc) is 2.82. The summed E-state index contributed by atoms with van der Waals surface area (Å²) in [5.41, 5.74) is 2.53. The smallest absolute Gasteiger partial charge is 0.146 e. The van der Waals surface area contributed by atoms with E-state index in [1.54, 1.807) is 35.2 Å². The molecule has 0 aliphatic carbocycles. The molecule has 3 aromatic rings. The monoisotopic (exact) mass is 305 g/mol. The molecule has 6 heteroatoms. The molecule has 2 aromatic heterocycles. The van der Waals surface area contributed by atoms with Crippen LogP contribution in [-0.4, -0.2) is 20.9 Å². The molecule has 0 unspecified atom stereocenters. The van der Waals surface area contributed by atoms with Crippen molar-refractivity contribution in [2.24, 2.45) is 0 Å². The van der Waals surface area contributed by atoms with Gasteiger partial charge in [0, 0.05) is 5.56 Å². The number of fused-ring (bicyclic) bond motifs is 1. The van der Waals surface area contributed by atoms with Gasteiger partial charge in [-0.25, -0.2) is 9.37 Å². The Morgan fingerprint density at radius 1 is 1.20 bits per heavy atom. The minimum atomic E-state index is -0.253. The number of benzene rings is 1. The molecule has 0 aliphatic heterocycles. The first-order chi connectivity index (χ1) is 9.69. The molecule has 0 bridgehead atoms. The summed E-state index contributed by atoms with van der Waals surface area (Å²) in [6.45, 7) is 4.05. The van der Waals surface area contributed by atoms with Gasteiger partial charge in [-0.1, -0.05) is 6.92 Å². The zero-order valence-electron chi connectivity index (χ0n) is 11.1. The summed E-state index contributed by atoms with van der Waals surface area (Å²) < 4.78 is 14.0. The van der Waals surface area contributed by atoms with Crippen molar-refractivity contribution in [2.45, 2.75) is 18.9 Å². The number of hydrogen-bond donors (Lipinski definition) is 0. The van der Waals surface area contributed by atoms with Crippen LogP contribution in [0.15, 0.2) is 29.3 Å². The molecular formula is C14H12FN3S2. The Bertz CT molecular complexity index is 753. The third kappa shape index (κ3) is 2.41. The molecular weight excluding hydrogens is 293 g/mol. The third-order valence-corrected chi connectivity index (χ3v) is 4.61. The van der Waals surface area contributed by atoms with E-state index >= 15 is 0 Å². The molecule has 3 nitrogen and oxygen atoms in total. The maximum Gasteiger partial charge on any atom is 0.146 e. The van der Waals surface area contributed by atoms with E-state index in [-0.39, 0.29) is 5.82 Å². The molecule has 2 heterocycles. The van der Waals surface area contributed by atoms with Crippen LogP contribution in [0.1, 0.15) is 11.9 Å². The number of aryl methyl sites for hydroxylation is 1. The molecule has 0 aliphatic rings. The molecule has 0 radical (unpaired) electrons. The summed E-state index contributed by atoms with van der Waals surface area (Å²) >= 11 is 3.23. The number of nitrogens with zero attached hydrogens (tertiary/aromatic N) is 3. The van der Waals surface area contributed by atoms with Crippen molar-refractivity contribution in [3.63, 3.8) is 0 Å². The lowest BCUT2D eigenvalue weighted by Crippen LogP contribution is -1.92. The second-order valence-electron chi connectivity index (χ2n) is 4.20. The highest BCUT2D eigenvalue weighted by molar-refractivity contribution is 7.99. The number of thiazole rings is 1. The molecule has 102 valence electrons. The molecule has 0 atom stereocenters. The highest BCUT2D eigenvalue weighted by Crippen LogP contribution is 2.35. The number of aromatic nitrogens is 3. The number of thioether (sulfide) groups is 1. The van der Waals surface area contributed by atoms with Crippen LogP contribution in [0.5, 0.6) is 0 Å². The summed E-state index contributed by atoms with van der Waals surface area (Å²) in [6, 6.07) is 6.32. The number of halogens is 1. The Kier molecular flexibility index (Phi) is 3.67. The highest BCUT2D eigenvalue weighted by Gasteiger charge is 2.15. The fraction of sp³-hybridized carbons (Fsp3) is 0.214. The summed E-state index contributed by atoms with van der Waals surface area (Å²) in [4.78, 5) is 4.56. The van der Waals surface area contributed by atoms with E-state index in [1.165, 1.54) is 12.1 Å². The standard InChI is InChI=1S/C14H12FN3S2/c1-3-19-14-12-13(20-8(2)16-12)11(17-18-14)9-4-6-10(15)7-5-9/h4-7H,3H2,1-2H3. The SMILES string of the molecule is CCSc1nnc(-c2ccc(F)cc2)c2sc(C)nc12. The second kappa shape index (κ2) is 5.46. The molecule has 0 saturated heterocycles.